The zero-order chi connectivity index (χ0) is 13.1. The molecule has 1 aromatic carbocycles. The van der Waals surface area contributed by atoms with Crippen molar-refractivity contribution in [2.75, 3.05) is 7.05 Å². The van der Waals surface area contributed by atoms with Gasteiger partial charge in [-0.15, -0.1) is 0 Å². The van der Waals surface area contributed by atoms with E-state index in [0.717, 1.165) is 18.7 Å². The lowest BCUT2D eigenvalue weighted by atomic mass is 9.92. The summed E-state index contributed by atoms with van der Waals surface area (Å²) >= 11 is 0. The van der Waals surface area contributed by atoms with Gasteiger partial charge in [0, 0.05) is 29.9 Å². The molecule has 1 atom stereocenters. The second kappa shape index (κ2) is 5.49. The molecule has 98 valence electrons. The molecule has 2 aromatic rings. The van der Waals surface area contributed by atoms with Gasteiger partial charge in [0.1, 0.15) is 5.82 Å². The first-order valence-electron chi connectivity index (χ1n) is 6.92. The molecule has 1 aliphatic carbocycles. The van der Waals surface area contributed by atoms with E-state index >= 15 is 0 Å². The molecule has 3 heteroatoms. The fourth-order valence-electron chi connectivity index (χ4n) is 2.75. The molecule has 0 spiro atoms. The highest BCUT2D eigenvalue weighted by Crippen LogP contribution is 2.27. The van der Waals surface area contributed by atoms with Crippen LogP contribution < -0.4 is 5.32 Å². The summed E-state index contributed by atoms with van der Waals surface area (Å²) in [6.45, 7) is 0. The van der Waals surface area contributed by atoms with Crippen LogP contribution in [0.3, 0.4) is 0 Å². The van der Waals surface area contributed by atoms with Crippen molar-refractivity contribution in [3.05, 3.63) is 59.2 Å². The first-order chi connectivity index (χ1) is 9.36. The van der Waals surface area contributed by atoms with Gasteiger partial charge >= 0.3 is 0 Å². The molecule has 0 fully saturated rings. The Morgan fingerprint density at radius 1 is 1.26 bits per heavy atom. The number of nitrogens with one attached hydrogen (secondary N) is 1. The molecule has 1 aliphatic rings. The maximum atomic E-state index is 4.76. The molecule has 3 rings (SSSR count). The van der Waals surface area contributed by atoms with Crippen LogP contribution in [0, 0.1) is 0 Å². The summed E-state index contributed by atoms with van der Waals surface area (Å²) in [5, 5.41) is 3.35. The summed E-state index contributed by atoms with van der Waals surface area (Å²) in [6, 6.07) is 10.8. The van der Waals surface area contributed by atoms with Crippen molar-refractivity contribution in [1.29, 1.82) is 0 Å². The third-order valence-corrected chi connectivity index (χ3v) is 3.79. The van der Waals surface area contributed by atoms with Gasteiger partial charge in [-0.05, 0) is 31.9 Å². The van der Waals surface area contributed by atoms with Crippen LogP contribution in [0.25, 0.3) is 0 Å². The number of nitrogens with zero attached hydrogens (tertiary/aromatic N) is 2. The molecule has 3 nitrogen and oxygen atoms in total. The van der Waals surface area contributed by atoms with Gasteiger partial charge in [-0.25, -0.2) is 9.97 Å². The maximum Gasteiger partial charge on any atom is 0.132 e. The smallest absolute Gasteiger partial charge is 0.132 e. The van der Waals surface area contributed by atoms with Gasteiger partial charge in [0.25, 0.3) is 0 Å². The van der Waals surface area contributed by atoms with Crippen molar-refractivity contribution in [1.82, 2.24) is 15.3 Å². The standard InChI is InChI=1S/C16H19N3/c1-17-14-8-5-9-15-13(14)11-18-16(19-15)10-12-6-3-2-4-7-12/h2-4,6-7,11,14,17H,5,8-10H2,1H3. The second-order valence-electron chi connectivity index (χ2n) is 5.08. The SMILES string of the molecule is CNC1CCCc2nc(Cc3ccccc3)ncc21. The minimum Gasteiger partial charge on any atom is -0.313 e. The van der Waals surface area contributed by atoms with Crippen molar-refractivity contribution < 1.29 is 0 Å². The number of fused-ring (bicyclic) bond motifs is 1. The lowest BCUT2D eigenvalue weighted by Crippen LogP contribution is -2.23. The number of aromatic nitrogens is 2. The van der Waals surface area contributed by atoms with E-state index in [2.05, 4.69) is 34.6 Å². The van der Waals surface area contributed by atoms with Crippen LogP contribution in [-0.4, -0.2) is 17.0 Å². The predicted molar refractivity (Wildman–Crippen MR) is 76.0 cm³/mol. The number of hydrogen-bond donors (Lipinski definition) is 1. The number of hydrogen-bond acceptors (Lipinski definition) is 3. The Morgan fingerprint density at radius 3 is 2.89 bits per heavy atom. The van der Waals surface area contributed by atoms with Crippen molar-refractivity contribution in [3.8, 4) is 0 Å². The molecule has 19 heavy (non-hydrogen) atoms. The minimum absolute atomic E-state index is 0.425. The van der Waals surface area contributed by atoms with E-state index in [1.165, 1.54) is 29.7 Å². The van der Waals surface area contributed by atoms with Gasteiger partial charge in [0.2, 0.25) is 0 Å². The van der Waals surface area contributed by atoms with Crippen LogP contribution in [0.2, 0.25) is 0 Å². The normalized spacial score (nSPS) is 18.1. The van der Waals surface area contributed by atoms with Crippen LogP contribution in [0.15, 0.2) is 36.5 Å². The van der Waals surface area contributed by atoms with Crippen molar-refractivity contribution in [3.63, 3.8) is 0 Å². The second-order valence-corrected chi connectivity index (χ2v) is 5.08. The Bertz CT molecular complexity index is 551. The lowest BCUT2D eigenvalue weighted by Gasteiger charge is -2.24. The average molecular weight is 253 g/mol. The zero-order valence-electron chi connectivity index (χ0n) is 11.3. The van der Waals surface area contributed by atoms with Gasteiger partial charge in [-0.1, -0.05) is 30.3 Å². The molecule has 1 aromatic heterocycles. The summed E-state index contributed by atoms with van der Waals surface area (Å²) in [6.07, 6.45) is 6.31. The molecule has 0 amide bonds. The van der Waals surface area contributed by atoms with Gasteiger partial charge in [0.15, 0.2) is 0 Å². The van der Waals surface area contributed by atoms with Crippen molar-refractivity contribution in [2.24, 2.45) is 0 Å². The van der Waals surface area contributed by atoms with Gasteiger partial charge in [-0.3, -0.25) is 0 Å². The molecular weight excluding hydrogens is 234 g/mol. The van der Waals surface area contributed by atoms with E-state index in [1.807, 2.05) is 19.3 Å². The summed E-state index contributed by atoms with van der Waals surface area (Å²) in [4.78, 5) is 9.29. The molecule has 0 radical (unpaired) electrons. The monoisotopic (exact) mass is 253 g/mol. The Balaban J connectivity index is 1.85. The summed E-state index contributed by atoms with van der Waals surface area (Å²) in [5.41, 5.74) is 3.78. The summed E-state index contributed by atoms with van der Waals surface area (Å²) in [7, 11) is 2.01. The van der Waals surface area contributed by atoms with Gasteiger partial charge < -0.3 is 5.32 Å². The largest absolute Gasteiger partial charge is 0.313 e. The minimum atomic E-state index is 0.425. The Kier molecular flexibility index (Phi) is 3.56. The van der Waals surface area contributed by atoms with Crippen LogP contribution in [0.1, 0.15) is 41.5 Å². The number of rotatable bonds is 3. The zero-order valence-corrected chi connectivity index (χ0v) is 11.3. The third-order valence-electron chi connectivity index (χ3n) is 3.79. The van der Waals surface area contributed by atoms with E-state index in [4.69, 9.17) is 4.98 Å². The van der Waals surface area contributed by atoms with Crippen LogP contribution in [0.5, 0.6) is 0 Å². The molecule has 1 heterocycles. The van der Waals surface area contributed by atoms with Crippen LogP contribution in [-0.2, 0) is 12.8 Å². The molecule has 0 aliphatic heterocycles. The van der Waals surface area contributed by atoms with E-state index in [9.17, 15) is 0 Å². The average Bonchev–Trinajstić information content (AvgIpc) is 2.47. The first kappa shape index (κ1) is 12.3. The highest BCUT2D eigenvalue weighted by atomic mass is 14.9. The van der Waals surface area contributed by atoms with E-state index in [-0.39, 0.29) is 0 Å². The quantitative estimate of drug-likeness (QED) is 0.914. The maximum absolute atomic E-state index is 4.76. The highest BCUT2D eigenvalue weighted by Gasteiger charge is 2.20. The van der Waals surface area contributed by atoms with Crippen molar-refractivity contribution in [2.45, 2.75) is 31.7 Å². The van der Waals surface area contributed by atoms with E-state index < -0.39 is 0 Å². The summed E-state index contributed by atoms with van der Waals surface area (Å²) < 4.78 is 0. The molecular formula is C16H19N3. The third kappa shape index (κ3) is 2.66. The van der Waals surface area contributed by atoms with E-state index in [1.54, 1.807) is 0 Å². The van der Waals surface area contributed by atoms with Gasteiger partial charge in [0.05, 0.1) is 0 Å². The Morgan fingerprint density at radius 2 is 2.11 bits per heavy atom. The Hall–Kier alpha value is -1.74. The molecule has 0 bridgehead atoms. The Labute approximate surface area is 114 Å². The van der Waals surface area contributed by atoms with E-state index in [0.29, 0.717) is 6.04 Å². The summed E-state index contributed by atoms with van der Waals surface area (Å²) in [5.74, 6) is 0.932. The molecule has 1 N–H and O–H groups in total. The van der Waals surface area contributed by atoms with Crippen LogP contribution in [0.4, 0.5) is 0 Å². The predicted octanol–water partition coefficient (Wildman–Crippen LogP) is 2.66. The molecule has 0 saturated carbocycles. The number of aryl methyl sites for hydroxylation is 1. The highest BCUT2D eigenvalue weighted by molar-refractivity contribution is 5.26. The molecule has 0 saturated heterocycles. The van der Waals surface area contributed by atoms with Crippen molar-refractivity contribution >= 4 is 0 Å². The first-order valence-corrected chi connectivity index (χ1v) is 6.92. The lowest BCUT2D eigenvalue weighted by molar-refractivity contribution is 0.485. The molecule has 1 unspecified atom stereocenters. The topological polar surface area (TPSA) is 37.8 Å². The fourth-order valence-corrected chi connectivity index (χ4v) is 2.75. The number of benzene rings is 1. The van der Waals surface area contributed by atoms with Crippen LogP contribution >= 0.6 is 0 Å². The fraction of sp³-hybridized carbons (Fsp3) is 0.375. The van der Waals surface area contributed by atoms with Gasteiger partial charge in [-0.2, -0.15) is 0 Å².